The minimum atomic E-state index is -4.84. The van der Waals surface area contributed by atoms with E-state index in [2.05, 4.69) is 10.3 Å². The van der Waals surface area contributed by atoms with Gasteiger partial charge in [-0.3, -0.25) is 15.0 Å². The van der Waals surface area contributed by atoms with Crippen LogP contribution in [0.4, 0.5) is 43.5 Å². The second-order valence-electron chi connectivity index (χ2n) is 9.45. The summed E-state index contributed by atoms with van der Waals surface area (Å²) in [6, 6.07) is 6.26. The number of anilines is 2. The first-order valence-electron chi connectivity index (χ1n) is 12.2. The Balaban J connectivity index is 1.28. The predicted octanol–water partition coefficient (Wildman–Crippen LogP) is 5.50. The Morgan fingerprint density at radius 3 is 2.29 bits per heavy atom. The van der Waals surface area contributed by atoms with Gasteiger partial charge in [-0.15, -0.1) is 0 Å². The first-order chi connectivity index (χ1) is 17.9. The van der Waals surface area contributed by atoms with E-state index in [0.29, 0.717) is 50.3 Å². The number of ether oxygens (including phenoxy) is 1. The average molecular weight is 548 g/mol. The molecule has 208 valence electrons. The van der Waals surface area contributed by atoms with E-state index in [4.69, 9.17) is 4.74 Å². The Labute approximate surface area is 214 Å². The Hall–Kier alpha value is -3.29. The zero-order valence-corrected chi connectivity index (χ0v) is 20.3. The maximum atomic E-state index is 13.2. The highest BCUT2D eigenvalue weighted by molar-refractivity contribution is 5.55. The molecule has 4 rings (SSSR count). The smallest absolute Gasteiger partial charge is 0.423 e. The van der Waals surface area contributed by atoms with Gasteiger partial charge in [0.1, 0.15) is 17.1 Å². The van der Waals surface area contributed by atoms with E-state index < -0.39 is 35.1 Å². The molecule has 14 heteroatoms. The highest BCUT2D eigenvalue weighted by atomic mass is 19.4. The number of alkyl halides is 6. The van der Waals surface area contributed by atoms with Gasteiger partial charge in [0.2, 0.25) is 0 Å². The van der Waals surface area contributed by atoms with Crippen molar-refractivity contribution in [3.63, 3.8) is 0 Å². The van der Waals surface area contributed by atoms with Crippen molar-refractivity contribution in [2.24, 2.45) is 0 Å². The van der Waals surface area contributed by atoms with E-state index in [1.165, 1.54) is 11.0 Å². The van der Waals surface area contributed by atoms with Crippen LogP contribution in [0.15, 0.2) is 36.5 Å². The third-order valence-electron chi connectivity index (χ3n) is 6.66. The molecule has 2 heterocycles. The predicted molar refractivity (Wildman–Crippen MR) is 127 cm³/mol. The van der Waals surface area contributed by atoms with Crippen molar-refractivity contribution >= 4 is 17.2 Å². The van der Waals surface area contributed by atoms with Crippen LogP contribution in [0.2, 0.25) is 0 Å². The summed E-state index contributed by atoms with van der Waals surface area (Å²) < 4.78 is 83.7. The number of hydrogen-bond acceptors (Lipinski definition) is 7. The van der Waals surface area contributed by atoms with Crippen molar-refractivity contribution in [3.8, 4) is 5.75 Å². The Morgan fingerprint density at radius 1 is 1.00 bits per heavy atom. The van der Waals surface area contributed by atoms with Crippen LogP contribution in [-0.4, -0.2) is 65.9 Å². The number of hydrogen-bond donors (Lipinski definition) is 1. The molecule has 1 aromatic carbocycles. The van der Waals surface area contributed by atoms with Gasteiger partial charge < -0.3 is 15.0 Å². The Morgan fingerprint density at radius 2 is 1.68 bits per heavy atom. The minimum Gasteiger partial charge on any atom is -0.490 e. The minimum absolute atomic E-state index is 0.113. The monoisotopic (exact) mass is 547 g/mol. The SMILES string of the molecule is O=[N+]([O-])c1ccc(NC2CCC(Oc3ccnc(N4CCN(CC(F)(F)F)CC4)c3)CC2)cc1C(F)(F)F. The molecule has 2 fully saturated rings. The van der Waals surface area contributed by atoms with Gasteiger partial charge in [-0.25, -0.2) is 4.98 Å². The van der Waals surface area contributed by atoms with Gasteiger partial charge in [-0.2, -0.15) is 26.3 Å². The van der Waals surface area contributed by atoms with Gasteiger partial charge in [-0.05, 0) is 43.9 Å². The van der Waals surface area contributed by atoms with Crippen LogP contribution in [0.5, 0.6) is 5.75 Å². The van der Waals surface area contributed by atoms with E-state index in [0.717, 1.165) is 12.1 Å². The molecule has 1 saturated carbocycles. The fourth-order valence-corrected chi connectivity index (χ4v) is 4.80. The van der Waals surface area contributed by atoms with E-state index in [1.807, 2.05) is 4.90 Å². The number of piperazine rings is 1. The zero-order chi connectivity index (χ0) is 27.5. The normalized spacial score (nSPS) is 21.3. The molecule has 0 bridgehead atoms. The fraction of sp³-hybridized carbons (Fsp3) is 0.542. The molecule has 38 heavy (non-hydrogen) atoms. The lowest BCUT2D eigenvalue weighted by atomic mass is 9.92. The Bertz CT molecular complexity index is 1110. The van der Waals surface area contributed by atoms with Crippen molar-refractivity contribution in [2.75, 3.05) is 42.9 Å². The average Bonchev–Trinajstić information content (AvgIpc) is 2.84. The van der Waals surface area contributed by atoms with Crippen LogP contribution >= 0.6 is 0 Å². The van der Waals surface area contributed by atoms with Crippen LogP contribution in [0.1, 0.15) is 31.2 Å². The van der Waals surface area contributed by atoms with Crippen molar-refractivity contribution in [1.82, 2.24) is 9.88 Å². The van der Waals surface area contributed by atoms with Crippen molar-refractivity contribution in [1.29, 1.82) is 0 Å². The van der Waals surface area contributed by atoms with Crippen LogP contribution in [-0.2, 0) is 6.18 Å². The molecular formula is C24H27F6N5O3. The summed E-state index contributed by atoms with van der Waals surface area (Å²) in [5.41, 5.74) is -2.11. The van der Waals surface area contributed by atoms with Crippen LogP contribution in [0.3, 0.4) is 0 Å². The van der Waals surface area contributed by atoms with Gasteiger partial charge in [0.05, 0.1) is 17.6 Å². The molecule has 0 unspecified atom stereocenters. The number of aromatic nitrogens is 1. The molecule has 1 N–H and O–H groups in total. The third-order valence-corrected chi connectivity index (χ3v) is 6.66. The molecule has 1 aromatic heterocycles. The number of nitrogens with zero attached hydrogens (tertiary/aromatic N) is 4. The number of halogens is 6. The summed E-state index contributed by atoms with van der Waals surface area (Å²) in [7, 11) is 0. The molecule has 8 nitrogen and oxygen atoms in total. The van der Waals surface area contributed by atoms with Gasteiger partial charge in [-0.1, -0.05) is 0 Å². The lowest BCUT2D eigenvalue weighted by Crippen LogP contribution is -2.49. The highest BCUT2D eigenvalue weighted by Gasteiger charge is 2.38. The number of rotatable bonds is 7. The van der Waals surface area contributed by atoms with Crippen LogP contribution in [0, 0.1) is 10.1 Å². The third kappa shape index (κ3) is 7.39. The molecule has 1 aliphatic heterocycles. The quantitative estimate of drug-likeness (QED) is 0.279. The highest BCUT2D eigenvalue weighted by Crippen LogP contribution is 2.38. The second-order valence-corrected chi connectivity index (χ2v) is 9.45. The lowest BCUT2D eigenvalue weighted by molar-refractivity contribution is -0.388. The first kappa shape index (κ1) is 27.7. The lowest BCUT2D eigenvalue weighted by Gasteiger charge is -2.35. The van der Waals surface area contributed by atoms with Crippen LogP contribution < -0.4 is 15.0 Å². The Kier molecular flexibility index (Phi) is 8.19. The maximum Gasteiger partial charge on any atom is 0.423 e. The number of nitro groups is 1. The van der Waals surface area contributed by atoms with E-state index in [-0.39, 0.29) is 30.9 Å². The zero-order valence-electron chi connectivity index (χ0n) is 20.3. The molecule has 0 spiro atoms. The first-order valence-corrected chi connectivity index (χ1v) is 12.2. The van der Waals surface area contributed by atoms with Gasteiger partial charge in [0.15, 0.2) is 0 Å². The number of nitro benzene ring substituents is 1. The summed E-state index contributed by atoms with van der Waals surface area (Å²) in [5, 5.41) is 14.0. The summed E-state index contributed by atoms with van der Waals surface area (Å²) in [6.07, 6.45) is -5.05. The summed E-state index contributed by atoms with van der Waals surface area (Å²) in [4.78, 5) is 17.5. The number of nitrogens with one attached hydrogen (secondary N) is 1. The van der Waals surface area contributed by atoms with E-state index in [9.17, 15) is 36.5 Å². The summed E-state index contributed by atoms with van der Waals surface area (Å²) in [5.74, 6) is 1.22. The van der Waals surface area contributed by atoms with Gasteiger partial charge >= 0.3 is 12.4 Å². The van der Waals surface area contributed by atoms with Crippen molar-refractivity contribution in [2.45, 2.75) is 50.2 Å². The molecule has 0 radical (unpaired) electrons. The molecule has 1 saturated heterocycles. The van der Waals surface area contributed by atoms with E-state index >= 15 is 0 Å². The van der Waals surface area contributed by atoms with Crippen molar-refractivity contribution < 1.29 is 36.0 Å². The molecule has 2 aromatic rings. The molecule has 2 aliphatic rings. The maximum absolute atomic E-state index is 13.2. The molecular weight excluding hydrogens is 520 g/mol. The number of benzene rings is 1. The number of pyridine rings is 1. The fourth-order valence-electron chi connectivity index (χ4n) is 4.80. The molecule has 0 atom stereocenters. The topological polar surface area (TPSA) is 83.8 Å². The van der Waals surface area contributed by atoms with Crippen LogP contribution in [0.25, 0.3) is 0 Å². The largest absolute Gasteiger partial charge is 0.490 e. The summed E-state index contributed by atoms with van der Waals surface area (Å²) in [6.45, 7) is 0.470. The standard InChI is InChI=1S/C24H27F6N5O3/c25-23(26,27)15-33-9-11-34(12-10-33)22-14-19(7-8-31-22)38-18-4-1-16(2-5-18)32-17-3-6-21(35(36)37)20(13-17)24(28,29)30/h3,6-8,13-14,16,18,32H,1-2,4-5,9-12,15H2. The van der Waals surface area contributed by atoms with Crippen molar-refractivity contribution in [3.05, 3.63) is 52.2 Å². The second kappa shape index (κ2) is 11.2. The van der Waals surface area contributed by atoms with E-state index in [1.54, 1.807) is 18.3 Å². The van der Waals surface area contributed by atoms with Gasteiger partial charge in [0, 0.05) is 56.2 Å². The molecule has 1 aliphatic carbocycles. The van der Waals surface area contributed by atoms with Gasteiger partial charge in [0.25, 0.3) is 5.69 Å². The molecule has 0 amide bonds. The summed E-state index contributed by atoms with van der Waals surface area (Å²) >= 11 is 0.